The largest absolute Gasteiger partial charge is 0.481 e. The van der Waals surface area contributed by atoms with Crippen molar-refractivity contribution in [2.75, 3.05) is 31.2 Å². The van der Waals surface area contributed by atoms with Crippen LogP contribution in [0.15, 0.2) is 48.5 Å². The second-order valence-corrected chi connectivity index (χ2v) is 9.81. The molecule has 2 amide bonds. The number of amides is 2. The fraction of sp³-hybridized carbons (Fsp3) is 0.464. The van der Waals surface area contributed by atoms with Crippen LogP contribution in [0, 0.1) is 0 Å². The molecule has 206 valence electrons. The molecule has 2 aliphatic heterocycles. The Hall–Kier alpha value is -3.14. The fourth-order valence-electron chi connectivity index (χ4n) is 4.97. The monoisotopic (exact) mass is 545 g/mol. The van der Waals surface area contributed by atoms with Crippen LogP contribution in [0.2, 0.25) is 0 Å². The quantitative estimate of drug-likeness (QED) is 0.484. The number of anilines is 1. The lowest BCUT2D eigenvalue weighted by atomic mass is 9.90. The van der Waals surface area contributed by atoms with Crippen LogP contribution < -0.4 is 5.06 Å². The number of carbonyl (C=O) groups excluding carboxylic acids is 2. The molecule has 0 aromatic heterocycles. The highest BCUT2D eigenvalue weighted by Gasteiger charge is 2.29. The average Bonchev–Trinajstić information content (AvgIpc) is 2.89. The van der Waals surface area contributed by atoms with Crippen LogP contribution in [-0.4, -0.2) is 65.2 Å². The number of benzene rings is 2. The van der Waals surface area contributed by atoms with Gasteiger partial charge in [-0.25, -0.2) is 4.79 Å². The Kier molecular flexibility index (Phi) is 10.5. The molecule has 38 heavy (non-hydrogen) atoms. The number of hydrogen-bond acceptors (Lipinski definition) is 6. The average molecular weight is 546 g/mol. The van der Waals surface area contributed by atoms with Gasteiger partial charge in [-0.2, -0.15) is 5.06 Å². The number of carbonyl (C=O) groups is 3. The van der Waals surface area contributed by atoms with Crippen LogP contribution >= 0.6 is 12.4 Å². The number of rotatable bonds is 8. The predicted octanol–water partition coefficient (Wildman–Crippen LogP) is 4.59. The number of ether oxygens (including phenoxy) is 1. The minimum atomic E-state index is -0.807. The van der Waals surface area contributed by atoms with E-state index in [-0.39, 0.29) is 49.5 Å². The summed E-state index contributed by atoms with van der Waals surface area (Å²) in [5.74, 6) is -0.764. The molecule has 1 atom stereocenters. The normalized spacial score (nSPS) is 17.7. The van der Waals surface area contributed by atoms with Crippen molar-refractivity contribution in [2.24, 2.45) is 0 Å². The Morgan fingerprint density at radius 1 is 1.08 bits per heavy atom. The van der Waals surface area contributed by atoms with Gasteiger partial charge >= 0.3 is 12.1 Å². The van der Waals surface area contributed by atoms with E-state index in [1.165, 1.54) is 17.6 Å². The number of hydroxylamine groups is 1. The number of fused-ring (bicyclic) bond motifs is 1. The Morgan fingerprint density at radius 2 is 1.79 bits per heavy atom. The zero-order valence-corrected chi connectivity index (χ0v) is 22.7. The molecule has 1 fully saturated rings. The van der Waals surface area contributed by atoms with E-state index in [4.69, 9.17) is 14.7 Å². The predicted molar refractivity (Wildman–Crippen MR) is 145 cm³/mol. The third-order valence-corrected chi connectivity index (χ3v) is 6.91. The molecule has 2 aromatic carbocycles. The molecular weight excluding hydrogens is 510 g/mol. The molecule has 2 heterocycles. The Morgan fingerprint density at radius 3 is 2.45 bits per heavy atom. The maximum atomic E-state index is 12.5. The topological polar surface area (TPSA) is 99.6 Å². The van der Waals surface area contributed by atoms with E-state index < -0.39 is 5.97 Å². The van der Waals surface area contributed by atoms with Crippen LogP contribution in [-0.2, 0) is 32.3 Å². The molecule has 4 rings (SSSR count). The smallest absolute Gasteiger partial charge is 0.410 e. The highest BCUT2D eigenvalue weighted by atomic mass is 35.5. The highest BCUT2D eigenvalue weighted by Crippen LogP contribution is 2.32. The second-order valence-electron chi connectivity index (χ2n) is 9.81. The number of likely N-dealkylation sites (tertiary alicyclic amines) is 1. The molecule has 0 saturated carbocycles. The SMILES string of the molecule is CC(=O)N(OC1CCN(C(=O)OCc2ccccc2)CC1)c1ccc2c(c1)CN(CCC(=O)O)CC2C.Cl. The molecule has 0 spiro atoms. The van der Waals surface area contributed by atoms with E-state index in [2.05, 4.69) is 11.8 Å². The summed E-state index contributed by atoms with van der Waals surface area (Å²) in [6.07, 6.45) is 0.735. The van der Waals surface area contributed by atoms with Gasteiger partial charge in [0.25, 0.3) is 0 Å². The molecule has 0 radical (unpaired) electrons. The molecule has 2 aliphatic rings. The standard InChI is InChI=1S/C28H35N3O6.ClH/c1-20-17-29(13-12-27(33)34)18-23-16-24(8-9-26(20)23)31(21(2)32)37-25-10-14-30(15-11-25)28(35)36-19-22-6-4-3-5-7-22;/h3-9,16,20,25H,10-15,17-19H2,1-2H3,(H,33,34);1H. The van der Waals surface area contributed by atoms with Crippen molar-refractivity contribution in [1.82, 2.24) is 9.80 Å². The van der Waals surface area contributed by atoms with Crippen LogP contribution in [0.5, 0.6) is 0 Å². The van der Waals surface area contributed by atoms with Gasteiger partial charge in [0.15, 0.2) is 0 Å². The van der Waals surface area contributed by atoms with Crippen LogP contribution in [0.4, 0.5) is 10.5 Å². The Bertz CT molecular complexity index is 1110. The van der Waals surface area contributed by atoms with E-state index in [1.54, 1.807) is 4.90 Å². The van der Waals surface area contributed by atoms with Gasteiger partial charge in [0.2, 0.25) is 5.91 Å². The first-order valence-corrected chi connectivity index (χ1v) is 12.8. The number of piperidine rings is 1. The summed E-state index contributed by atoms with van der Waals surface area (Å²) in [4.78, 5) is 45.9. The number of nitrogens with zero attached hydrogens (tertiary/aromatic N) is 3. The van der Waals surface area contributed by atoms with Crippen molar-refractivity contribution in [3.05, 3.63) is 65.2 Å². The van der Waals surface area contributed by atoms with Gasteiger partial charge in [-0.15, -0.1) is 12.4 Å². The number of halogens is 1. The van der Waals surface area contributed by atoms with Crippen molar-refractivity contribution >= 4 is 36.1 Å². The third kappa shape index (κ3) is 7.69. The van der Waals surface area contributed by atoms with Crippen LogP contribution in [0.1, 0.15) is 55.7 Å². The van der Waals surface area contributed by atoms with Gasteiger partial charge in [0.1, 0.15) is 6.61 Å². The summed E-state index contributed by atoms with van der Waals surface area (Å²) < 4.78 is 5.44. The number of carboxylic acids is 1. The second kappa shape index (κ2) is 13.6. The summed E-state index contributed by atoms with van der Waals surface area (Å²) in [5, 5.41) is 10.4. The summed E-state index contributed by atoms with van der Waals surface area (Å²) in [6, 6.07) is 15.5. The fourth-order valence-corrected chi connectivity index (χ4v) is 4.97. The summed E-state index contributed by atoms with van der Waals surface area (Å²) in [6.45, 7) is 6.74. The van der Waals surface area contributed by atoms with E-state index >= 15 is 0 Å². The third-order valence-electron chi connectivity index (χ3n) is 6.91. The molecule has 9 nitrogen and oxygen atoms in total. The minimum absolute atomic E-state index is 0. The molecule has 2 aromatic rings. The van der Waals surface area contributed by atoms with E-state index in [1.807, 2.05) is 48.5 Å². The first-order valence-electron chi connectivity index (χ1n) is 12.8. The van der Waals surface area contributed by atoms with Crippen molar-refractivity contribution < 1.29 is 29.1 Å². The zero-order valence-electron chi connectivity index (χ0n) is 21.9. The van der Waals surface area contributed by atoms with Gasteiger partial charge in [-0.1, -0.05) is 43.3 Å². The molecule has 0 aliphatic carbocycles. The summed E-state index contributed by atoms with van der Waals surface area (Å²) in [7, 11) is 0. The minimum Gasteiger partial charge on any atom is -0.481 e. The highest BCUT2D eigenvalue weighted by molar-refractivity contribution is 5.89. The molecule has 1 saturated heterocycles. The number of carboxylic acid groups (broad SMARTS) is 1. The van der Waals surface area contributed by atoms with Crippen molar-refractivity contribution in [2.45, 2.75) is 58.3 Å². The van der Waals surface area contributed by atoms with Gasteiger partial charge in [-0.3, -0.25) is 19.3 Å². The molecule has 0 bridgehead atoms. The molecular formula is C28H36ClN3O6. The maximum Gasteiger partial charge on any atom is 0.410 e. The molecule has 1 N–H and O–H groups in total. The van der Waals surface area contributed by atoms with E-state index in [9.17, 15) is 14.4 Å². The molecule has 10 heteroatoms. The van der Waals surface area contributed by atoms with Crippen molar-refractivity contribution in [3.63, 3.8) is 0 Å². The first-order chi connectivity index (χ1) is 17.8. The van der Waals surface area contributed by atoms with Crippen LogP contribution in [0.25, 0.3) is 0 Å². The van der Waals surface area contributed by atoms with E-state index in [0.717, 1.165) is 17.7 Å². The van der Waals surface area contributed by atoms with Gasteiger partial charge in [0.05, 0.1) is 18.2 Å². The Labute approximate surface area is 229 Å². The Balaban J connectivity index is 0.00000400. The van der Waals surface area contributed by atoms with Crippen molar-refractivity contribution in [3.8, 4) is 0 Å². The number of aliphatic carboxylic acids is 1. The van der Waals surface area contributed by atoms with Gasteiger partial charge < -0.3 is 14.7 Å². The molecule has 1 unspecified atom stereocenters. The lowest BCUT2D eigenvalue weighted by molar-refractivity contribution is -0.137. The summed E-state index contributed by atoms with van der Waals surface area (Å²) in [5.41, 5.74) is 3.88. The zero-order chi connectivity index (χ0) is 26.4. The van der Waals surface area contributed by atoms with Crippen LogP contribution in [0.3, 0.4) is 0 Å². The summed E-state index contributed by atoms with van der Waals surface area (Å²) >= 11 is 0. The van der Waals surface area contributed by atoms with Gasteiger partial charge in [-0.05, 0) is 47.6 Å². The number of hydrogen-bond donors (Lipinski definition) is 1. The van der Waals surface area contributed by atoms with Gasteiger partial charge in [0, 0.05) is 39.6 Å². The lowest BCUT2D eigenvalue weighted by Crippen LogP contribution is -2.44. The first kappa shape index (κ1) is 29.4. The van der Waals surface area contributed by atoms with E-state index in [0.29, 0.717) is 44.7 Å². The van der Waals surface area contributed by atoms with Crippen molar-refractivity contribution in [1.29, 1.82) is 0 Å². The maximum absolute atomic E-state index is 12.5. The lowest BCUT2D eigenvalue weighted by Gasteiger charge is -2.35.